The summed E-state index contributed by atoms with van der Waals surface area (Å²) in [5, 5.41) is 9.72. The molecule has 0 saturated carbocycles. The number of fused-ring (bicyclic) bond motifs is 1. The molecule has 2 nitrogen and oxygen atoms in total. The third-order valence-corrected chi connectivity index (χ3v) is 3.26. The van der Waals surface area contributed by atoms with Crippen LogP contribution in [0, 0.1) is 5.41 Å². The van der Waals surface area contributed by atoms with Gasteiger partial charge in [-0.15, -0.1) is 0 Å². The number of phenolic OH excluding ortho intramolecular Hbond substituents is 1. The molecule has 0 atom stereocenters. The fraction of sp³-hybridized carbons (Fsp3) is 0.385. The smallest absolute Gasteiger partial charge is 0.119 e. The van der Waals surface area contributed by atoms with E-state index in [2.05, 4.69) is 19.9 Å². The Hall–Kier alpha value is -1.28. The number of phenols is 1. The monoisotopic (exact) mass is 203 g/mol. The van der Waals surface area contributed by atoms with Gasteiger partial charge in [0.15, 0.2) is 0 Å². The number of nitrogens with two attached hydrogens (primary N) is 1. The van der Waals surface area contributed by atoms with Crippen LogP contribution in [0.25, 0.3) is 6.08 Å². The van der Waals surface area contributed by atoms with Crippen LogP contribution in [0.2, 0.25) is 0 Å². The highest BCUT2D eigenvalue weighted by molar-refractivity contribution is 5.67. The standard InChI is InChI=1S/C13H17NO/c1-13(2,8-14)10-6-9-4-3-5-12(15)11(9)7-10/h3-6,15H,7-8,14H2,1-2H3. The van der Waals surface area contributed by atoms with E-state index >= 15 is 0 Å². The first-order valence-electron chi connectivity index (χ1n) is 5.26. The Morgan fingerprint density at radius 1 is 1.40 bits per heavy atom. The summed E-state index contributed by atoms with van der Waals surface area (Å²) in [7, 11) is 0. The van der Waals surface area contributed by atoms with E-state index in [4.69, 9.17) is 5.73 Å². The summed E-state index contributed by atoms with van der Waals surface area (Å²) in [6.07, 6.45) is 2.98. The van der Waals surface area contributed by atoms with E-state index in [0.29, 0.717) is 12.3 Å². The van der Waals surface area contributed by atoms with Gasteiger partial charge < -0.3 is 10.8 Å². The minimum Gasteiger partial charge on any atom is -0.508 e. The molecule has 0 spiro atoms. The minimum atomic E-state index is 0.0193. The number of hydrogen-bond donors (Lipinski definition) is 2. The van der Waals surface area contributed by atoms with Gasteiger partial charge in [0, 0.05) is 12.1 Å². The molecule has 2 rings (SSSR count). The van der Waals surface area contributed by atoms with Crippen molar-refractivity contribution in [3.8, 4) is 5.75 Å². The fourth-order valence-electron chi connectivity index (χ4n) is 1.91. The van der Waals surface area contributed by atoms with Gasteiger partial charge in [0.1, 0.15) is 5.75 Å². The number of hydrogen-bond acceptors (Lipinski definition) is 2. The Kier molecular flexibility index (Phi) is 2.31. The van der Waals surface area contributed by atoms with Gasteiger partial charge in [-0.1, -0.05) is 37.6 Å². The first-order valence-corrected chi connectivity index (χ1v) is 5.26. The first-order chi connectivity index (χ1) is 7.04. The zero-order valence-corrected chi connectivity index (χ0v) is 9.25. The maximum Gasteiger partial charge on any atom is 0.119 e. The van der Waals surface area contributed by atoms with Crippen LogP contribution in [-0.2, 0) is 6.42 Å². The lowest BCUT2D eigenvalue weighted by Gasteiger charge is -2.24. The van der Waals surface area contributed by atoms with Crippen molar-refractivity contribution in [1.29, 1.82) is 0 Å². The Bertz CT molecular complexity index is 419. The molecule has 1 aliphatic carbocycles. The molecule has 15 heavy (non-hydrogen) atoms. The predicted molar refractivity (Wildman–Crippen MR) is 62.6 cm³/mol. The van der Waals surface area contributed by atoms with Crippen molar-refractivity contribution in [2.75, 3.05) is 6.54 Å². The van der Waals surface area contributed by atoms with Gasteiger partial charge in [0.2, 0.25) is 0 Å². The number of aromatic hydroxyl groups is 1. The van der Waals surface area contributed by atoms with E-state index in [1.54, 1.807) is 6.07 Å². The van der Waals surface area contributed by atoms with Crippen LogP contribution in [0.1, 0.15) is 25.0 Å². The summed E-state index contributed by atoms with van der Waals surface area (Å²) in [6, 6.07) is 5.66. The molecule has 0 saturated heterocycles. The maximum atomic E-state index is 9.72. The summed E-state index contributed by atoms with van der Waals surface area (Å²) in [5.74, 6) is 0.395. The van der Waals surface area contributed by atoms with Crippen molar-refractivity contribution < 1.29 is 5.11 Å². The molecule has 80 valence electrons. The van der Waals surface area contributed by atoms with Crippen LogP contribution in [0.15, 0.2) is 23.8 Å². The van der Waals surface area contributed by atoms with Gasteiger partial charge in [0.05, 0.1) is 0 Å². The quantitative estimate of drug-likeness (QED) is 0.774. The molecule has 0 radical (unpaired) electrons. The second-order valence-electron chi connectivity index (χ2n) is 4.78. The van der Waals surface area contributed by atoms with Gasteiger partial charge in [0.25, 0.3) is 0 Å². The molecule has 0 aliphatic heterocycles. The summed E-state index contributed by atoms with van der Waals surface area (Å²) in [5.41, 5.74) is 9.25. The second kappa shape index (κ2) is 3.38. The Balaban J connectivity index is 2.37. The molecule has 0 amide bonds. The van der Waals surface area contributed by atoms with Gasteiger partial charge in [-0.25, -0.2) is 0 Å². The molecule has 0 aromatic heterocycles. The lowest BCUT2D eigenvalue weighted by atomic mass is 9.83. The molecule has 0 bridgehead atoms. The Labute approximate surface area is 90.4 Å². The maximum absolute atomic E-state index is 9.72. The van der Waals surface area contributed by atoms with E-state index in [0.717, 1.165) is 17.5 Å². The van der Waals surface area contributed by atoms with Gasteiger partial charge in [-0.3, -0.25) is 0 Å². The molecular formula is C13H17NO. The number of benzene rings is 1. The van der Waals surface area contributed by atoms with Crippen molar-refractivity contribution in [2.24, 2.45) is 11.1 Å². The normalized spacial score (nSPS) is 15.0. The first kappa shape index (κ1) is 10.2. The van der Waals surface area contributed by atoms with Crippen LogP contribution in [0.4, 0.5) is 0 Å². The minimum absolute atomic E-state index is 0.0193. The van der Waals surface area contributed by atoms with Crippen molar-refractivity contribution in [1.82, 2.24) is 0 Å². The summed E-state index contributed by atoms with van der Waals surface area (Å²) >= 11 is 0. The van der Waals surface area contributed by atoms with Crippen LogP contribution in [0.5, 0.6) is 5.75 Å². The Morgan fingerprint density at radius 3 is 2.73 bits per heavy atom. The molecule has 1 aliphatic rings. The Morgan fingerprint density at radius 2 is 2.13 bits per heavy atom. The zero-order chi connectivity index (χ0) is 11.1. The molecular weight excluding hydrogens is 186 g/mol. The molecule has 0 heterocycles. The largest absolute Gasteiger partial charge is 0.508 e. The number of rotatable bonds is 2. The highest BCUT2D eigenvalue weighted by Gasteiger charge is 2.27. The van der Waals surface area contributed by atoms with E-state index < -0.39 is 0 Å². The van der Waals surface area contributed by atoms with E-state index in [9.17, 15) is 5.11 Å². The highest BCUT2D eigenvalue weighted by Crippen LogP contribution is 2.39. The average Bonchev–Trinajstić information content (AvgIpc) is 2.64. The summed E-state index contributed by atoms with van der Waals surface area (Å²) in [6.45, 7) is 4.91. The topological polar surface area (TPSA) is 46.2 Å². The van der Waals surface area contributed by atoms with E-state index in [1.165, 1.54) is 5.57 Å². The van der Waals surface area contributed by atoms with Crippen LogP contribution >= 0.6 is 0 Å². The van der Waals surface area contributed by atoms with Gasteiger partial charge >= 0.3 is 0 Å². The van der Waals surface area contributed by atoms with Gasteiger partial charge in [-0.05, 0) is 23.5 Å². The SMILES string of the molecule is CC(C)(CN)C1=Cc2cccc(O)c2C1. The molecule has 1 aromatic carbocycles. The fourth-order valence-corrected chi connectivity index (χ4v) is 1.91. The molecule has 0 unspecified atom stereocenters. The van der Waals surface area contributed by atoms with Gasteiger partial charge in [-0.2, -0.15) is 0 Å². The zero-order valence-electron chi connectivity index (χ0n) is 9.25. The molecule has 1 aromatic rings. The third kappa shape index (κ3) is 1.65. The molecule has 0 fully saturated rings. The lowest BCUT2D eigenvalue weighted by Crippen LogP contribution is -2.25. The van der Waals surface area contributed by atoms with Crippen LogP contribution < -0.4 is 5.73 Å². The third-order valence-electron chi connectivity index (χ3n) is 3.26. The summed E-state index contributed by atoms with van der Waals surface area (Å²) in [4.78, 5) is 0. The average molecular weight is 203 g/mol. The summed E-state index contributed by atoms with van der Waals surface area (Å²) < 4.78 is 0. The lowest BCUT2D eigenvalue weighted by molar-refractivity contribution is 0.447. The van der Waals surface area contributed by atoms with Crippen molar-refractivity contribution in [3.63, 3.8) is 0 Å². The van der Waals surface area contributed by atoms with Crippen LogP contribution in [-0.4, -0.2) is 11.7 Å². The van der Waals surface area contributed by atoms with E-state index in [-0.39, 0.29) is 5.41 Å². The van der Waals surface area contributed by atoms with Crippen molar-refractivity contribution >= 4 is 6.08 Å². The van der Waals surface area contributed by atoms with Crippen molar-refractivity contribution in [3.05, 3.63) is 34.9 Å². The second-order valence-corrected chi connectivity index (χ2v) is 4.78. The molecule has 2 heteroatoms. The predicted octanol–water partition coefficient (Wildman–Crippen LogP) is 2.32. The highest BCUT2D eigenvalue weighted by atomic mass is 16.3. The molecule has 3 N–H and O–H groups in total. The van der Waals surface area contributed by atoms with Crippen molar-refractivity contribution in [2.45, 2.75) is 20.3 Å². The van der Waals surface area contributed by atoms with Crippen LogP contribution in [0.3, 0.4) is 0 Å². The van der Waals surface area contributed by atoms with E-state index in [1.807, 2.05) is 12.1 Å².